The first kappa shape index (κ1) is 21.0. The Labute approximate surface area is 173 Å². The van der Waals surface area contributed by atoms with Gasteiger partial charge in [-0.2, -0.15) is 0 Å². The third-order valence-electron chi connectivity index (χ3n) is 5.43. The Kier molecular flexibility index (Phi) is 7.58. The Bertz CT molecular complexity index is 561. The molecule has 4 nitrogen and oxygen atoms in total. The minimum absolute atomic E-state index is 0. The van der Waals surface area contributed by atoms with E-state index in [1.807, 2.05) is 11.3 Å². The van der Waals surface area contributed by atoms with E-state index in [1.54, 1.807) is 0 Å². The van der Waals surface area contributed by atoms with Crippen LogP contribution in [0.15, 0.2) is 22.5 Å². The molecule has 0 bridgehead atoms. The van der Waals surface area contributed by atoms with Crippen molar-refractivity contribution in [2.24, 2.45) is 22.2 Å². The van der Waals surface area contributed by atoms with Crippen LogP contribution < -0.4 is 10.6 Å². The first-order valence-electron chi connectivity index (χ1n) is 9.21. The number of rotatable bonds is 6. The number of hydrogen-bond donors (Lipinski definition) is 2. The summed E-state index contributed by atoms with van der Waals surface area (Å²) in [6, 6.07) is 4.79. The van der Waals surface area contributed by atoms with Crippen molar-refractivity contribution in [1.82, 2.24) is 10.6 Å². The van der Waals surface area contributed by atoms with Crippen LogP contribution in [0.25, 0.3) is 0 Å². The summed E-state index contributed by atoms with van der Waals surface area (Å²) < 4.78 is 5.90. The van der Waals surface area contributed by atoms with E-state index >= 15 is 0 Å². The molecule has 142 valence electrons. The van der Waals surface area contributed by atoms with Crippen molar-refractivity contribution in [3.63, 3.8) is 0 Å². The fourth-order valence-electron chi connectivity index (χ4n) is 4.17. The van der Waals surface area contributed by atoms with Crippen LogP contribution in [-0.2, 0) is 11.2 Å². The van der Waals surface area contributed by atoms with Gasteiger partial charge in [-0.25, -0.2) is 0 Å². The third kappa shape index (κ3) is 4.69. The Hall–Kier alpha value is -0.340. The van der Waals surface area contributed by atoms with Gasteiger partial charge in [-0.15, -0.1) is 35.3 Å². The van der Waals surface area contributed by atoms with E-state index in [0.717, 1.165) is 32.1 Å². The molecule has 4 atom stereocenters. The highest BCUT2D eigenvalue weighted by Gasteiger charge is 2.59. The molecule has 1 aliphatic carbocycles. The zero-order valence-electron chi connectivity index (χ0n) is 15.7. The number of fused-ring (bicyclic) bond motifs is 1. The topological polar surface area (TPSA) is 45.7 Å². The van der Waals surface area contributed by atoms with Gasteiger partial charge in [0.25, 0.3) is 0 Å². The lowest BCUT2D eigenvalue weighted by Gasteiger charge is -2.54. The lowest BCUT2D eigenvalue weighted by molar-refractivity contribution is -0.106. The van der Waals surface area contributed by atoms with Crippen LogP contribution in [0, 0.1) is 17.3 Å². The van der Waals surface area contributed by atoms with E-state index in [0.29, 0.717) is 24.0 Å². The fraction of sp³-hybridized carbons (Fsp3) is 0.737. The molecule has 1 saturated heterocycles. The van der Waals surface area contributed by atoms with E-state index in [1.165, 1.54) is 11.3 Å². The number of guanidine groups is 1. The number of ether oxygens (including phenoxy) is 1. The van der Waals surface area contributed by atoms with Crippen LogP contribution in [0.2, 0.25) is 0 Å². The number of halogens is 1. The molecular formula is C19H32IN3OS. The summed E-state index contributed by atoms with van der Waals surface area (Å²) in [7, 11) is 0. The first-order chi connectivity index (χ1) is 11.5. The number of thiophene rings is 1. The summed E-state index contributed by atoms with van der Waals surface area (Å²) in [5.74, 6) is 2.14. The van der Waals surface area contributed by atoms with Gasteiger partial charge in [0, 0.05) is 41.9 Å². The Balaban J connectivity index is 0.00000225. The van der Waals surface area contributed by atoms with Crippen LogP contribution in [-0.4, -0.2) is 37.8 Å². The smallest absolute Gasteiger partial charge is 0.191 e. The lowest BCUT2D eigenvalue weighted by Crippen LogP contribution is -2.68. The van der Waals surface area contributed by atoms with Crippen molar-refractivity contribution >= 4 is 41.3 Å². The van der Waals surface area contributed by atoms with Gasteiger partial charge in [-0.1, -0.05) is 26.8 Å². The molecule has 0 radical (unpaired) electrons. The molecule has 0 amide bonds. The number of nitrogens with zero attached hydrogens (tertiary/aromatic N) is 1. The van der Waals surface area contributed by atoms with Gasteiger partial charge in [0.05, 0.1) is 6.10 Å². The minimum Gasteiger partial charge on any atom is -0.377 e. The van der Waals surface area contributed by atoms with Gasteiger partial charge in [0.15, 0.2) is 5.96 Å². The molecule has 1 aliphatic heterocycles. The second-order valence-corrected chi connectivity index (χ2v) is 8.83. The molecule has 0 aromatic carbocycles. The summed E-state index contributed by atoms with van der Waals surface area (Å²) >= 11 is 1.84. The zero-order chi connectivity index (χ0) is 17.2. The van der Waals surface area contributed by atoms with Crippen LogP contribution in [0.4, 0.5) is 0 Å². The summed E-state index contributed by atoms with van der Waals surface area (Å²) in [6.07, 6.45) is 2.68. The van der Waals surface area contributed by atoms with Crippen LogP contribution in [0.3, 0.4) is 0 Å². The fourth-order valence-corrected chi connectivity index (χ4v) is 5.04. The van der Waals surface area contributed by atoms with Crippen molar-refractivity contribution in [1.29, 1.82) is 0 Å². The van der Waals surface area contributed by atoms with Crippen molar-refractivity contribution in [3.05, 3.63) is 22.4 Å². The maximum absolute atomic E-state index is 5.90. The SMILES string of the molecule is CCNC(=NCC(C)Cc1cccs1)NC1C2CCOC2C1(C)C.I. The van der Waals surface area contributed by atoms with E-state index in [4.69, 9.17) is 9.73 Å². The normalized spacial score (nSPS) is 28.5. The van der Waals surface area contributed by atoms with Crippen LogP contribution in [0.5, 0.6) is 0 Å². The molecule has 6 heteroatoms. The second-order valence-electron chi connectivity index (χ2n) is 7.80. The summed E-state index contributed by atoms with van der Waals surface area (Å²) in [5, 5.41) is 9.25. The first-order valence-corrected chi connectivity index (χ1v) is 10.1. The largest absolute Gasteiger partial charge is 0.377 e. The van der Waals surface area contributed by atoms with E-state index in [-0.39, 0.29) is 29.4 Å². The van der Waals surface area contributed by atoms with E-state index in [2.05, 4.69) is 55.8 Å². The number of aliphatic imine (C=N–C) groups is 1. The molecule has 1 aromatic heterocycles. The molecule has 2 fully saturated rings. The Morgan fingerprint density at radius 3 is 2.96 bits per heavy atom. The standard InChI is InChI=1S/C19H31N3OS.HI/c1-5-20-18(21-12-13(2)11-14-7-6-10-24-14)22-16-15-8-9-23-17(15)19(16,3)4;/h6-7,10,13,15-17H,5,8-9,11-12H2,1-4H3,(H2,20,21,22);1H. The highest BCUT2D eigenvalue weighted by molar-refractivity contribution is 14.0. The lowest BCUT2D eigenvalue weighted by atomic mass is 9.57. The average molecular weight is 477 g/mol. The summed E-state index contributed by atoms with van der Waals surface area (Å²) in [6.45, 7) is 11.7. The monoisotopic (exact) mass is 477 g/mol. The summed E-state index contributed by atoms with van der Waals surface area (Å²) in [5.41, 5.74) is 0.180. The molecular weight excluding hydrogens is 445 g/mol. The minimum atomic E-state index is 0. The average Bonchev–Trinajstić information content (AvgIpc) is 3.20. The van der Waals surface area contributed by atoms with E-state index < -0.39 is 0 Å². The van der Waals surface area contributed by atoms with Gasteiger partial charge >= 0.3 is 0 Å². The maximum Gasteiger partial charge on any atom is 0.191 e. The Morgan fingerprint density at radius 2 is 2.28 bits per heavy atom. The van der Waals surface area contributed by atoms with Gasteiger partial charge in [-0.05, 0) is 37.1 Å². The third-order valence-corrected chi connectivity index (χ3v) is 6.33. The predicted molar refractivity (Wildman–Crippen MR) is 117 cm³/mol. The Morgan fingerprint density at radius 1 is 1.48 bits per heavy atom. The molecule has 4 unspecified atom stereocenters. The van der Waals surface area contributed by atoms with Gasteiger partial charge in [0.2, 0.25) is 0 Å². The van der Waals surface area contributed by atoms with E-state index in [9.17, 15) is 0 Å². The molecule has 1 aromatic rings. The van der Waals surface area contributed by atoms with Gasteiger partial charge in [0.1, 0.15) is 0 Å². The summed E-state index contributed by atoms with van der Waals surface area (Å²) in [4.78, 5) is 6.30. The molecule has 1 saturated carbocycles. The van der Waals surface area contributed by atoms with Crippen molar-refractivity contribution in [2.75, 3.05) is 19.7 Å². The number of nitrogens with one attached hydrogen (secondary N) is 2. The van der Waals surface area contributed by atoms with Crippen molar-refractivity contribution < 1.29 is 4.74 Å². The van der Waals surface area contributed by atoms with Gasteiger partial charge in [-0.3, -0.25) is 4.99 Å². The molecule has 2 N–H and O–H groups in total. The molecule has 3 rings (SSSR count). The highest BCUT2D eigenvalue weighted by atomic mass is 127. The van der Waals surface area contributed by atoms with Crippen LogP contribution >= 0.6 is 35.3 Å². The number of hydrogen-bond acceptors (Lipinski definition) is 3. The maximum atomic E-state index is 5.90. The highest BCUT2D eigenvalue weighted by Crippen LogP contribution is 2.52. The molecule has 2 aliphatic rings. The van der Waals surface area contributed by atoms with Crippen LogP contribution in [0.1, 0.15) is 39.0 Å². The molecule has 0 spiro atoms. The predicted octanol–water partition coefficient (Wildman–Crippen LogP) is 3.91. The molecule has 2 heterocycles. The zero-order valence-corrected chi connectivity index (χ0v) is 18.9. The van der Waals surface area contributed by atoms with Gasteiger partial charge < -0.3 is 15.4 Å². The molecule has 25 heavy (non-hydrogen) atoms. The van der Waals surface area contributed by atoms with Crippen molar-refractivity contribution in [2.45, 2.75) is 52.7 Å². The van der Waals surface area contributed by atoms with Crippen molar-refractivity contribution in [3.8, 4) is 0 Å². The second kappa shape index (κ2) is 9.04. The quantitative estimate of drug-likeness (QED) is 0.371.